The molecule has 0 saturated heterocycles. The molecule has 0 fully saturated rings. The van der Waals surface area contributed by atoms with E-state index in [9.17, 15) is 0 Å². The van der Waals surface area contributed by atoms with E-state index in [1.807, 2.05) is 18.2 Å². The molecule has 2 atom stereocenters. The molecule has 106 valence electrons. The number of nitrogens with zero attached hydrogens (tertiary/aromatic N) is 1. The molecule has 1 aromatic carbocycles. The van der Waals surface area contributed by atoms with Gasteiger partial charge in [0, 0.05) is 17.0 Å². The van der Waals surface area contributed by atoms with Crippen LogP contribution >= 0.6 is 0 Å². The first-order valence-electron chi connectivity index (χ1n) is 7.34. The number of benzene rings is 1. The van der Waals surface area contributed by atoms with Crippen LogP contribution in [0.2, 0.25) is 0 Å². The minimum Gasteiger partial charge on any atom is -0.459 e. The number of hydrogen-bond acceptors (Lipinski definition) is 3. The Balaban J connectivity index is 2.29. The Labute approximate surface area is 120 Å². The van der Waals surface area contributed by atoms with Gasteiger partial charge in [-0.3, -0.25) is 0 Å². The Bertz CT molecular complexity index is 609. The van der Waals surface area contributed by atoms with E-state index < -0.39 is 0 Å². The fourth-order valence-corrected chi connectivity index (χ4v) is 2.69. The van der Waals surface area contributed by atoms with Crippen molar-refractivity contribution in [3.05, 3.63) is 35.6 Å². The van der Waals surface area contributed by atoms with E-state index in [1.165, 1.54) is 10.9 Å². The molecule has 0 spiro atoms. The molecule has 2 rings (SSSR count). The van der Waals surface area contributed by atoms with Crippen molar-refractivity contribution in [3.8, 4) is 6.07 Å². The van der Waals surface area contributed by atoms with Crippen LogP contribution in [0.4, 0.5) is 0 Å². The molecule has 0 bridgehead atoms. The van der Waals surface area contributed by atoms with Crippen molar-refractivity contribution in [2.45, 2.75) is 52.1 Å². The fourth-order valence-electron chi connectivity index (χ4n) is 2.69. The second-order valence-corrected chi connectivity index (χ2v) is 5.15. The summed E-state index contributed by atoms with van der Waals surface area (Å²) < 4.78 is 6.03. The smallest absolute Gasteiger partial charge is 0.134 e. The van der Waals surface area contributed by atoms with E-state index in [0.29, 0.717) is 6.42 Å². The topological polar surface area (TPSA) is 49.0 Å². The second kappa shape index (κ2) is 6.58. The third-order valence-electron chi connectivity index (χ3n) is 3.79. The van der Waals surface area contributed by atoms with Crippen LogP contribution in [0.15, 0.2) is 28.7 Å². The third kappa shape index (κ3) is 2.86. The van der Waals surface area contributed by atoms with Gasteiger partial charge in [0.15, 0.2) is 0 Å². The Kier molecular flexibility index (Phi) is 4.81. The number of furan rings is 1. The van der Waals surface area contributed by atoms with Gasteiger partial charge in [-0.15, -0.1) is 0 Å². The molecule has 1 heterocycles. The molecule has 0 aliphatic carbocycles. The zero-order chi connectivity index (χ0) is 14.5. The summed E-state index contributed by atoms with van der Waals surface area (Å²) in [4.78, 5) is 0. The number of rotatable bonds is 6. The Morgan fingerprint density at radius 3 is 2.70 bits per heavy atom. The zero-order valence-corrected chi connectivity index (χ0v) is 12.4. The van der Waals surface area contributed by atoms with Crippen molar-refractivity contribution in [2.24, 2.45) is 0 Å². The third-order valence-corrected chi connectivity index (χ3v) is 3.79. The summed E-state index contributed by atoms with van der Waals surface area (Å²) in [6.07, 6.45) is 2.43. The largest absolute Gasteiger partial charge is 0.459 e. The molecule has 3 heteroatoms. The van der Waals surface area contributed by atoms with Gasteiger partial charge in [0.05, 0.1) is 18.5 Å². The van der Waals surface area contributed by atoms with Crippen molar-refractivity contribution in [3.63, 3.8) is 0 Å². The van der Waals surface area contributed by atoms with E-state index in [-0.39, 0.29) is 12.1 Å². The van der Waals surface area contributed by atoms with Crippen LogP contribution in [0, 0.1) is 11.3 Å². The van der Waals surface area contributed by atoms with Gasteiger partial charge < -0.3 is 9.73 Å². The minimum absolute atomic E-state index is 0.121. The van der Waals surface area contributed by atoms with Crippen molar-refractivity contribution >= 4 is 11.0 Å². The predicted molar refractivity (Wildman–Crippen MR) is 81.5 cm³/mol. The molecule has 2 unspecified atom stereocenters. The summed E-state index contributed by atoms with van der Waals surface area (Å²) >= 11 is 0. The molecule has 0 radical (unpaired) electrons. The Hall–Kier alpha value is -1.79. The van der Waals surface area contributed by atoms with E-state index in [1.54, 1.807) is 0 Å². The standard InChI is InChI=1S/C17H22N2O/c1-4-13(10-11-18)19-12(3)17-14(5-2)15-8-6-7-9-16(15)20-17/h6-9,12-13,19H,4-5,10H2,1-3H3. The average Bonchev–Trinajstić information content (AvgIpc) is 2.85. The van der Waals surface area contributed by atoms with Gasteiger partial charge >= 0.3 is 0 Å². The lowest BCUT2D eigenvalue weighted by Gasteiger charge is -2.19. The molecular formula is C17H22N2O. The van der Waals surface area contributed by atoms with Gasteiger partial charge in [-0.05, 0) is 25.8 Å². The molecule has 1 aromatic heterocycles. The van der Waals surface area contributed by atoms with Crippen molar-refractivity contribution < 1.29 is 4.42 Å². The van der Waals surface area contributed by atoms with Gasteiger partial charge in [-0.2, -0.15) is 5.26 Å². The highest BCUT2D eigenvalue weighted by molar-refractivity contribution is 5.82. The highest BCUT2D eigenvalue weighted by Gasteiger charge is 2.20. The maximum atomic E-state index is 8.85. The van der Waals surface area contributed by atoms with Gasteiger partial charge in [0.2, 0.25) is 0 Å². The van der Waals surface area contributed by atoms with E-state index >= 15 is 0 Å². The molecule has 3 nitrogen and oxygen atoms in total. The molecule has 0 aliphatic rings. The van der Waals surface area contributed by atoms with Gasteiger partial charge in [-0.1, -0.05) is 32.0 Å². The fraction of sp³-hybridized carbons (Fsp3) is 0.471. The number of fused-ring (bicyclic) bond motifs is 1. The maximum absolute atomic E-state index is 8.85. The summed E-state index contributed by atoms with van der Waals surface area (Å²) in [5.41, 5.74) is 2.22. The monoisotopic (exact) mass is 270 g/mol. The molecule has 2 aromatic rings. The summed E-state index contributed by atoms with van der Waals surface area (Å²) in [5.74, 6) is 1.00. The summed E-state index contributed by atoms with van der Waals surface area (Å²) in [6.45, 7) is 6.36. The van der Waals surface area contributed by atoms with Crippen LogP contribution in [-0.4, -0.2) is 6.04 Å². The SMILES string of the molecule is CCc1c(C(C)NC(CC)CC#N)oc2ccccc12. The van der Waals surface area contributed by atoms with Crippen LogP contribution in [0.25, 0.3) is 11.0 Å². The van der Waals surface area contributed by atoms with E-state index in [0.717, 1.165) is 24.2 Å². The molecular weight excluding hydrogens is 248 g/mol. The summed E-state index contributed by atoms with van der Waals surface area (Å²) in [5, 5.41) is 13.6. The molecule has 0 saturated carbocycles. The summed E-state index contributed by atoms with van der Waals surface area (Å²) in [6, 6.07) is 10.7. The normalized spacial score (nSPS) is 14.1. The average molecular weight is 270 g/mol. The maximum Gasteiger partial charge on any atom is 0.134 e. The van der Waals surface area contributed by atoms with Crippen LogP contribution in [0.5, 0.6) is 0 Å². The first-order chi connectivity index (χ1) is 9.71. The highest BCUT2D eigenvalue weighted by atomic mass is 16.3. The lowest BCUT2D eigenvalue weighted by molar-refractivity contribution is 0.391. The van der Waals surface area contributed by atoms with E-state index in [2.05, 4.69) is 38.2 Å². The number of nitriles is 1. The zero-order valence-electron chi connectivity index (χ0n) is 12.4. The number of para-hydroxylation sites is 1. The first-order valence-corrected chi connectivity index (χ1v) is 7.34. The lowest BCUT2D eigenvalue weighted by atomic mass is 10.0. The van der Waals surface area contributed by atoms with Crippen LogP contribution in [0.1, 0.15) is 51.0 Å². The second-order valence-electron chi connectivity index (χ2n) is 5.15. The van der Waals surface area contributed by atoms with Crippen LogP contribution in [0.3, 0.4) is 0 Å². The Morgan fingerprint density at radius 1 is 1.30 bits per heavy atom. The molecule has 20 heavy (non-hydrogen) atoms. The number of hydrogen-bond donors (Lipinski definition) is 1. The number of aryl methyl sites for hydroxylation is 1. The van der Waals surface area contributed by atoms with Gasteiger partial charge in [0.1, 0.15) is 11.3 Å². The van der Waals surface area contributed by atoms with Crippen LogP contribution < -0.4 is 5.32 Å². The predicted octanol–water partition coefficient (Wildman–Crippen LogP) is 4.34. The molecule has 0 aliphatic heterocycles. The summed E-state index contributed by atoms with van der Waals surface area (Å²) in [7, 11) is 0. The van der Waals surface area contributed by atoms with Gasteiger partial charge in [0.25, 0.3) is 0 Å². The molecule has 0 amide bonds. The highest BCUT2D eigenvalue weighted by Crippen LogP contribution is 2.30. The van der Waals surface area contributed by atoms with Crippen molar-refractivity contribution in [1.82, 2.24) is 5.32 Å². The van der Waals surface area contributed by atoms with Crippen molar-refractivity contribution in [1.29, 1.82) is 5.26 Å². The van der Waals surface area contributed by atoms with Crippen LogP contribution in [-0.2, 0) is 6.42 Å². The quantitative estimate of drug-likeness (QED) is 0.849. The number of nitrogens with one attached hydrogen (secondary N) is 1. The Morgan fingerprint density at radius 2 is 2.05 bits per heavy atom. The van der Waals surface area contributed by atoms with Crippen molar-refractivity contribution in [2.75, 3.05) is 0 Å². The minimum atomic E-state index is 0.121. The molecule has 1 N–H and O–H groups in total. The lowest BCUT2D eigenvalue weighted by Crippen LogP contribution is -2.30. The van der Waals surface area contributed by atoms with E-state index in [4.69, 9.17) is 9.68 Å². The van der Waals surface area contributed by atoms with Gasteiger partial charge in [-0.25, -0.2) is 0 Å². The first kappa shape index (κ1) is 14.6.